The van der Waals surface area contributed by atoms with Gasteiger partial charge in [-0.05, 0) is 42.9 Å². The van der Waals surface area contributed by atoms with E-state index in [1.165, 1.54) is 17.0 Å². The van der Waals surface area contributed by atoms with E-state index in [4.69, 9.17) is 12.2 Å². The molecular weight excluding hydrogens is 326 g/mol. The van der Waals surface area contributed by atoms with Crippen LogP contribution in [0.4, 0.5) is 11.4 Å². The molecule has 1 N–H and O–H groups in total. The minimum Gasteiger partial charge on any atom is -0.327 e. The normalized spacial score (nSPS) is 15.7. The molecule has 0 aromatic heterocycles. The number of thiocarbonyl (C=S) groups is 1. The first kappa shape index (κ1) is 15.8. The fourth-order valence-corrected chi connectivity index (χ4v) is 2.66. The zero-order valence-electron chi connectivity index (χ0n) is 12.7. The third kappa shape index (κ3) is 3.02. The Morgan fingerprint density at radius 3 is 2.58 bits per heavy atom. The molecule has 0 radical (unpaired) electrons. The smallest absolute Gasteiger partial charge is 0.281 e. The Hall–Kier alpha value is -3.06. The Morgan fingerprint density at radius 1 is 1.21 bits per heavy atom. The highest BCUT2D eigenvalue weighted by Gasteiger charge is 2.31. The predicted octanol–water partition coefficient (Wildman–Crippen LogP) is 3.17. The summed E-state index contributed by atoms with van der Waals surface area (Å²) in [6, 6.07) is 13.5. The molecule has 0 aliphatic carbocycles. The van der Waals surface area contributed by atoms with E-state index >= 15 is 0 Å². The number of benzene rings is 2. The lowest BCUT2D eigenvalue weighted by Gasteiger charge is -2.13. The van der Waals surface area contributed by atoms with Crippen LogP contribution >= 0.6 is 12.2 Å². The number of nitrogens with one attached hydrogen (secondary N) is 1. The van der Waals surface area contributed by atoms with E-state index in [2.05, 4.69) is 5.32 Å². The first-order chi connectivity index (χ1) is 11.5. The van der Waals surface area contributed by atoms with E-state index in [-0.39, 0.29) is 22.4 Å². The topological polar surface area (TPSA) is 75.5 Å². The van der Waals surface area contributed by atoms with Crippen molar-refractivity contribution < 1.29 is 9.72 Å². The molecule has 0 atom stereocenters. The number of non-ortho nitro benzene ring substituents is 1. The van der Waals surface area contributed by atoms with Crippen LogP contribution in [0.3, 0.4) is 0 Å². The van der Waals surface area contributed by atoms with E-state index in [9.17, 15) is 14.9 Å². The van der Waals surface area contributed by atoms with Crippen molar-refractivity contribution in [1.82, 2.24) is 5.32 Å². The molecule has 24 heavy (non-hydrogen) atoms. The molecule has 0 spiro atoms. The summed E-state index contributed by atoms with van der Waals surface area (Å²) in [6.07, 6.45) is 1.55. The number of aryl methyl sites for hydroxylation is 1. The number of carbonyl (C=O) groups excluding carboxylic acids is 1. The maximum Gasteiger partial charge on any atom is 0.281 e. The van der Waals surface area contributed by atoms with Gasteiger partial charge in [-0.25, -0.2) is 0 Å². The summed E-state index contributed by atoms with van der Waals surface area (Å²) in [4.78, 5) is 24.4. The fraction of sp³-hybridized carbons (Fsp3) is 0.0588. The van der Waals surface area contributed by atoms with Crippen molar-refractivity contribution in [3.05, 3.63) is 75.5 Å². The van der Waals surface area contributed by atoms with Gasteiger partial charge in [0.2, 0.25) is 0 Å². The van der Waals surface area contributed by atoms with Crippen LogP contribution in [-0.4, -0.2) is 15.9 Å². The monoisotopic (exact) mass is 339 g/mol. The van der Waals surface area contributed by atoms with Gasteiger partial charge < -0.3 is 5.32 Å². The van der Waals surface area contributed by atoms with Crippen LogP contribution in [0, 0.1) is 17.0 Å². The molecule has 1 fully saturated rings. The molecule has 1 heterocycles. The highest BCUT2D eigenvalue weighted by Crippen LogP contribution is 2.23. The van der Waals surface area contributed by atoms with Gasteiger partial charge in [0, 0.05) is 12.1 Å². The SMILES string of the molecule is Cc1ccc(N2C(=O)/C(=C\c3cccc([N+](=O)[O-])c3)NC2=S)cc1. The summed E-state index contributed by atoms with van der Waals surface area (Å²) in [5.74, 6) is -0.296. The summed E-state index contributed by atoms with van der Waals surface area (Å²) in [5.41, 5.74) is 2.55. The molecule has 120 valence electrons. The van der Waals surface area contributed by atoms with E-state index in [0.717, 1.165) is 5.56 Å². The standard InChI is InChI=1S/C17H13N3O3S/c1-11-5-7-13(8-6-11)19-16(21)15(18-17(19)24)10-12-3-2-4-14(9-12)20(22)23/h2-10H,1H3,(H,18,24)/b15-10+. The van der Waals surface area contributed by atoms with Crippen molar-refractivity contribution in [3.63, 3.8) is 0 Å². The van der Waals surface area contributed by atoms with Crippen LogP contribution in [0.25, 0.3) is 6.08 Å². The van der Waals surface area contributed by atoms with Crippen molar-refractivity contribution in [2.75, 3.05) is 4.90 Å². The van der Waals surface area contributed by atoms with Gasteiger partial charge >= 0.3 is 0 Å². The fourth-order valence-electron chi connectivity index (χ4n) is 2.36. The number of anilines is 1. The van der Waals surface area contributed by atoms with Crippen molar-refractivity contribution >= 4 is 40.7 Å². The van der Waals surface area contributed by atoms with Crippen LogP contribution in [0.2, 0.25) is 0 Å². The van der Waals surface area contributed by atoms with Gasteiger partial charge in [0.15, 0.2) is 5.11 Å². The Kier molecular flexibility index (Phi) is 4.09. The third-order valence-electron chi connectivity index (χ3n) is 3.56. The lowest BCUT2D eigenvalue weighted by molar-refractivity contribution is -0.384. The quantitative estimate of drug-likeness (QED) is 0.402. The highest BCUT2D eigenvalue weighted by molar-refractivity contribution is 7.80. The van der Waals surface area contributed by atoms with Crippen LogP contribution < -0.4 is 10.2 Å². The van der Waals surface area contributed by atoms with Crippen molar-refractivity contribution in [3.8, 4) is 0 Å². The van der Waals surface area contributed by atoms with E-state index in [0.29, 0.717) is 11.3 Å². The molecular formula is C17H13N3O3S. The molecule has 1 aliphatic heterocycles. The summed E-state index contributed by atoms with van der Waals surface area (Å²) < 4.78 is 0. The first-order valence-corrected chi connectivity index (χ1v) is 7.55. The maximum atomic E-state index is 12.6. The van der Waals surface area contributed by atoms with Gasteiger partial charge in [-0.2, -0.15) is 0 Å². The minimum absolute atomic E-state index is 0.0345. The van der Waals surface area contributed by atoms with Crippen LogP contribution in [0.15, 0.2) is 54.2 Å². The van der Waals surface area contributed by atoms with E-state index < -0.39 is 4.92 Å². The van der Waals surface area contributed by atoms with Crippen molar-refractivity contribution in [1.29, 1.82) is 0 Å². The zero-order valence-corrected chi connectivity index (χ0v) is 13.5. The molecule has 2 aromatic rings. The van der Waals surface area contributed by atoms with Gasteiger partial charge in [-0.3, -0.25) is 19.8 Å². The highest BCUT2D eigenvalue weighted by atomic mass is 32.1. The van der Waals surface area contributed by atoms with Gasteiger partial charge in [-0.1, -0.05) is 29.8 Å². The van der Waals surface area contributed by atoms with Crippen LogP contribution in [0.1, 0.15) is 11.1 Å². The zero-order chi connectivity index (χ0) is 17.3. The molecule has 1 saturated heterocycles. The summed E-state index contributed by atoms with van der Waals surface area (Å²) >= 11 is 5.24. The van der Waals surface area contributed by atoms with Gasteiger partial charge in [-0.15, -0.1) is 0 Å². The largest absolute Gasteiger partial charge is 0.327 e. The number of nitro benzene ring substituents is 1. The lowest BCUT2D eigenvalue weighted by atomic mass is 10.1. The lowest BCUT2D eigenvalue weighted by Crippen LogP contribution is -2.30. The van der Waals surface area contributed by atoms with Crippen molar-refractivity contribution in [2.45, 2.75) is 6.92 Å². The molecule has 3 rings (SSSR count). The second-order valence-electron chi connectivity index (χ2n) is 5.32. The van der Waals surface area contributed by atoms with Crippen molar-refractivity contribution in [2.24, 2.45) is 0 Å². The van der Waals surface area contributed by atoms with Gasteiger partial charge in [0.25, 0.3) is 11.6 Å². The Labute approximate surface area is 143 Å². The number of nitro groups is 1. The van der Waals surface area contributed by atoms with Gasteiger partial charge in [0.05, 0.1) is 10.6 Å². The summed E-state index contributed by atoms with van der Waals surface area (Å²) in [6.45, 7) is 1.96. The number of carbonyl (C=O) groups is 1. The Bertz CT molecular complexity index is 875. The predicted molar refractivity (Wildman–Crippen MR) is 95.5 cm³/mol. The number of amides is 1. The number of rotatable bonds is 3. The molecule has 0 saturated carbocycles. The van der Waals surface area contributed by atoms with Crippen LogP contribution in [-0.2, 0) is 4.79 Å². The first-order valence-electron chi connectivity index (χ1n) is 7.14. The third-order valence-corrected chi connectivity index (χ3v) is 3.85. The second kappa shape index (κ2) is 6.21. The average Bonchev–Trinajstić information content (AvgIpc) is 2.83. The molecule has 6 nitrogen and oxygen atoms in total. The van der Waals surface area contributed by atoms with E-state index in [1.807, 2.05) is 31.2 Å². The summed E-state index contributed by atoms with van der Waals surface area (Å²) in [5, 5.41) is 14.0. The maximum absolute atomic E-state index is 12.6. The van der Waals surface area contributed by atoms with Crippen LogP contribution in [0.5, 0.6) is 0 Å². The number of hydrogen-bond acceptors (Lipinski definition) is 4. The Balaban J connectivity index is 1.92. The number of nitrogens with zero attached hydrogens (tertiary/aromatic N) is 2. The average molecular weight is 339 g/mol. The molecule has 7 heteroatoms. The molecule has 0 unspecified atom stereocenters. The minimum atomic E-state index is -0.477. The molecule has 2 aromatic carbocycles. The summed E-state index contributed by atoms with van der Waals surface area (Å²) in [7, 11) is 0. The second-order valence-corrected chi connectivity index (χ2v) is 5.70. The molecule has 0 bridgehead atoms. The Morgan fingerprint density at radius 2 is 1.92 bits per heavy atom. The molecule has 1 amide bonds. The van der Waals surface area contributed by atoms with Gasteiger partial charge in [0.1, 0.15) is 5.70 Å². The molecule has 1 aliphatic rings. The number of hydrogen-bond donors (Lipinski definition) is 1. The van der Waals surface area contributed by atoms with E-state index in [1.54, 1.807) is 18.2 Å².